The van der Waals surface area contributed by atoms with E-state index in [4.69, 9.17) is 0 Å². The van der Waals surface area contributed by atoms with Gasteiger partial charge in [-0.2, -0.15) is 0 Å². The molecular formula is C14H29N. The molecule has 1 saturated heterocycles. The van der Waals surface area contributed by atoms with Gasteiger partial charge in [0, 0.05) is 6.04 Å². The summed E-state index contributed by atoms with van der Waals surface area (Å²) in [6, 6.07) is 0.865. The van der Waals surface area contributed by atoms with E-state index in [0.717, 1.165) is 6.04 Å². The number of unbranched alkanes of at least 4 members (excludes halogenated alkanes) is 3. The lowest BCUT2D eigenvalue weighted by atomic mass is 9.71. The molecule has 0 N–H and O–H groups in total. The predicted octanol–water partition coefficient (Wildman–Crippen LogP) is 4.08. The molecule has 0 aromatic carbocycles. The summed E-state index contributed by atoms with van der Waals surface area (Å²) in [5.74, 6) is 0. The summed E-state index contributed by atoms with van der Waals surface area (Å²) in [6.45, 7) is 8.47. The lowest BCUT2D eigenvalue weighted by Crippen LogP contribution is -2.54. The molecule has 0 amide bonds. The van der Waals surface area contributed by atoms with Gasteiger partial charge in [-0.05, 0) is 38.3 Å². The zero-order valence-corrected chi connectivity index (χ0v) is 11.2. The molecule has 1 nitrogen and oxygen atoms in total. The Morgan fingerprint density at radius 3 is 2.33 bits per heavy atom. The van der Waals surface area contributed by atoms with Crippen molar-refractivity contribution in [3.63, 3.8) is 0 Å². The van der Waals surface area contributed by atoms with E-state index in [0.29, 0.717) is 5.41 Å². The molecule has 1 aliphatic rings. The molecule has 0 aliphatic carbocycles. The van der Waals surface area contributed by atoms with Gasteiger partial charge in [-0.3, -0.25) is 0 Å². The lowest BCUT2D eigenvalue weighted by molar-refractivity contribution is 0.00501. The van der Waals surface area contributed by atoms with E-state index >= 15 is 0 Å². The summed E-state index contributed by atoms with van der Waals surface area (Å²) in [5.41, 5.74) is 0.584. The second kappa shape index (κ2) is 5.89. The Bertz CT molecular complexity index is 178. The van der Waals surface area contributed by atoms with Crippen LogP contribution in [0.1, 0.15) is 65.7 Å². The molecule has 1 heterocycles. The van der Waals surface area contributed by atoms with E-state index in [1.54, 1.807) is 0 Å². The van der Waals surface area contributed by atoms with Crippen molar-refractivity contribution in [2.75, 3.05) is 13.6 Å². The van der Waals surface area contributed by atoms with Gasteiger partial charge in [-0.15, -0.1) is 0 Å². The summed E-state index contributed by atoms with van der Waals surface area (Å²) < 4.78 is 0. The standard InChI is InChI=1S/C14H29N/c1-5-7-8-9-11-14(3,6-2)13-10-12-15(13)4/h13H,5-12H2,1-4H3. The average Bonchev–Trinajstić information content (AvgIpc) is 2.22. The van der Waals surface area contributed by atoms with Gasteiger partial charge >= 0.3 is 0 Å². The number of nitrogens with zero attached hydrogens (tertiary/aromatic N) is 1. The molecule has 0 aromatic heterocycles. The molecule has 1 aliphatic heterocycles. The van der Waals surface area contributed by atoms with E-state index in [9.17, 15) is 0 Å². The largest absolute Gasteiger partial charge is 0.303 e. The fourth-order valence-corrected chi connectivity index (χ4v) is 2.93. The summed E-state index contributed by atoms with van der Waals surface area (Å²) in [4.78, 5) is 2.54. The zero-order chi connectivity index (χ0) is 11.3. The molecule has 90 valence electrons. The lowest BCUT2D eigenvalue weighted by Gasteiger charge is -2.49. The van der Waals surface area contributed by atoms with Crippen molar-refractivity contribution in [1.29, 1.82) is 0 Å². The van der Waals surface area contributed by atoms with Gasteiger partial charge in [0.25, 0.3) is 0 Å². The van der Waals surface area contributed by atoms with Crippen LogP contribution in [0.2, 0.25) is 0 Å². The van der Waals surface area contributed by atoms with Gasteiger partial charge in [0.2, 0.25) is 0 Å². The Morgan fingerprint density at radius 2 is 1.93 bits per heavy atom. The summed E-state index contributed by atoms with van der Waals surface area (Å²) in [5, 5.41) is 0. The van der Waals surface area contributed by atoms with Crippen LogP contribution in [0.3, 0.4) is 0 Å². The quantitative estimate of drug-likeness (QED) is 0.574. The van der Waals surface area contributed by atoms with Crippen LogP contribution in [0.15, 0.2) is 0 Å². The van der Waals surface area contributed by atoms with Crippen molar-refractivity contribution in [3.8, 4) is 0 Å². The van der Waals surface area contributed by atoms with Crippen molar-refractivity contribution in [2.24, 2.45) is 5.41 Å². The molecule has 1 fully saturated rings. The van der Waals surface area contributed by atoms with Crippen LogP contribution in [0.5, 0.6) is 0 Å². The minimum Gasteiger partial charge on any atom is -0.303 e. The van der Waals surface area contributed by atoms with E-state index in [2.05, 4.69) is 32.7 Å². The van der Waals surface area contributed by atoms with Gasteiger partial charge in [0.1, 0.15) is 0 Å². The Morgan fingerprint density at radius 1 is 1.20 bits per heavy atom. The topological polar surface area (TPSA) is 3.24 Å². The first-order valence-corrected chi connectivity index (χ1v) is 6.84. The maximum Gasteiger partial charge on any atom is 0.0158 e. The highest BCUT2D eigenvalue weighted by Crippen LogP contribution is 2.40. The van der Waals surface area contributed by atoms with E-state index in [1.165, 1.54) is 51.5 Å². The maximum atomic E-state index is 2.54. The highest BCUT2D eigenvalue weighted by molar-refractivity contribution is 4.93. The van der Waals surface area contributed by atoms with Crippen molar-refractivity contribution >= 4 is 0 Å². The average molecular weight is 211 g/mol. The van der Waals surface area contributed by atoms with Crippen LogP contribution in [0.4, 0.5) is 0 Å². The van der Waals surface area contributed by atoms with E-state index < -0.39 is 0 Å². The monoisotopic (exact) mass is 211 g/mol. The molecule has 2 atom stereocenters. The highest BCUT2D eigenvalue weighted by atomic mass is 15.2. The van der Waals surface area contributed by atoms with Crippen LogP contribution >= 0.6 is 0 Å². The molecule has 2 unspecified atom stereocenters. The SMILES string of the molecule is CCCCCCC(C)(CC)C1CCN1C. The van der Waals surface area contributed by atoms with Crippen LogP contribution in [-0.4, -0.2) is 24.5 Å². The molecule has 0 saturated carbocycles. The van der Waals surface area contributed by atoms with Crippen molar-refractivity contribution in [2.45, 2.75) is 71.8 Å². The Kier molecular flexibility index (Phi) is 5.11. The summed E-state index contributed by atoms with van der Waals surface area (Å²) in [7, 11) is 2.29. The number of rotatable bonds is 7. The minimum atomic E-state index is 0.584. The third-order valence-corrected chi connectivity index (χ3v) is 4.50. The zero-order valence-electron chi connectivity index (χ0n) is 11.2. The first-order valence-electron chi connectivity index (χ1n) is 6.84. The van der Waals surface area contributed by atoms with Gasteiger partial charge in [-0.1, -0.05) is 46.5 Å². The van der Waals surface area contributed by atoms with Crippen LogP contribution in [-0.2, 0) is 0 Å². The predicted molar refractivity (Wildman–Crippen MR) is 68.2 cm³/mol. The van der Waals surface area contributed by atoms with Gasteiger partial charge in [-0.25, -0.2) is 0 Å². The highest BCUT2D eigenvalue weighted by Gasteiger charge is 2.39. The van der Waals surface area contributed by atoms with Crippen molar-refractivity contribution < 1.29 is 0 Å². The normalized spacial score (nSPS) is 26.0. The summed E-state index contributed by atoms with van der Waals surface area (Å²) >= 11 is 0. The molecular weight excluding hydrogens is 182 g/mol. The van der Waals surface area contributed by atoms with Crippen molar-refractivity contribution in [1.82, 2.24) is 4.90 Å². The third-order valence-electron chi connectivity index (χ3n) is 4.50. The number of hydrogen-bond donors (Lipinski definition) is 0. The summed E-state index contributed by atoms with van der Waals surface area (Å²) in [6.07, 6.45) is 9.83. The Balaban J connectivity index is 2.32. The number of hydrogen-bond acceptors (Lipinski definition) is 1. The molecule has 1 heteroatoms. The smallest absolute Gasteiger partial charge is 0.0158 e. The first kappa shape index (κ1) is 13.0. The fourth-order valence-electron chi connectivity index (χ4n) is 2.93. The first-order chi connectivity index (χ1) is 7.14. The molecule has 0 spiro atoms. The van der Waals surface area contributed by atoms with E-state index in [-0.39, 0.29) is 0 Å². The molecule has 0 aromatic rings. The molecule has 0 bridgehead atoms. The Labute approximate surface area is 96.2 Å². The second-order valence-electron chi connectivity index (χ2n) is 5.60. The van der Waals surface area contributed by atoms with Crippen LogP contribution < -0.4 is 0 Å². The number of likely N-dealkylation sites (tertiary alicyclic amines) is 1. The molecule has 0 radical (unpaired) electrons. The van der Waals surface area contributed by atoms with E-state index in [1.807, 2.05) is 0 Å². The van der Waals surface area contributed by atoms with Crippen LogP contribution in [0, 0.1) is 5.41 Å². The van der Waals surface area contributed by atoms with Crippen LogP contribution in [0.25, 0.3) is 0 Å². The minimum absolute atomic E-state index is 0.584. The van der Waals surface area contributed by atoms with Gasteiger partial charge < -0.3 is 4.90 Å². The third kappa shape index (κ3) is 3.21. The second-order valence-corrected chi connectivity index (χ2v) is 5.60. The van der Waals surface area contributed by atoms with Gasteiger partial charge in [0.15, 0.2) is 0 Å². The van der Waals surface area contributed by atoms with Crippen molar-refractivity contribution in [3.05, 3.63) is 0 Å². The van der Waals surface area contributed by atoms with Gasteiger partial charge in [0.05, 0.1) is 0 Å². The fraction of sp³-hybridized carbons (Fsp3) is 1.00. The molecule has 1 rings (SSSR count). The molecule has 15 heavy (non-hydrogen) atoms. The Hall–Kier alpha value is -0.0400. The maximum absolute atomic E-state index is 2.54.